The van der Waals surface area contributed by atoms with Crippen molar-refractivity contribution in [3.8, 4) is 5.75 Å². The maximum absolute atomic E-state index is 12.2. The van der Waals surface area contributed by atoms with Crippen LogP contribution in [0.4, 0.5) is 0 Å². The van der Waals surface area contributed by atoms with Crippen LogP contribution in [0.25, 0.3) is 0 Å². The van der Waals surface area contributed by atoms with E-state index in [-0.39, 0.29) is 5.91 Å². The third-order valence-corrected chi connectivity index (χ3v) is 2.87. The molecule has 1 amide bonds. The van der Waals surface area contributed by atoms with Gasteiger partial charge in [-0.25, -0.2) is 0 Å². The zero-order valence-electron chi connectivity index (χ0n) is 10.3. The largest absolute Gasteiger partial charge is 0.496 e. The van der Waals surface area contributed by atoms with Gasteiger partial charge in [0.05, 0.1) is 17.7 Å². The molecule has 18 heavy (non-hydrogen) atoms. The van der Waals surface area contributed by atoms with Crippen LogP contribution in [0.3, 0.4) is 0 Å². The van der Waals surface area contributed by atoms with Gasteiger partial charge in [-0.3, -0.25) is 4.79 Å². The standard InChI is InChI=1S/C12H15ClN2O2S/c1-15(6-5-11(14)18)12(16)9-7-8(13)3-4-10(9)17-2/h3-4,7H,5-6H2,1-2H3,(H2,14,18). The Kier molecular flexibility index (Phi) is 5.37. The molecule has 6 heteroatoms. The predicted octanol–water partition coefficient (Wildman–Crippen LogP) is 2.10. The molecule has 0 radical (unpaired) electrons. The lowest BCUT2D eigenvalue weighted by Gasteiger charge is -2.18. The van der Waals surface area contributed by atoms with E-state index in [1.807, 2.05) is 0 Å². The van der Waals surface area contributed by atoms with E-state index in [9.17, 15) is 4.79 Å². The van der Waals surface area contributed by atoms with Crippen LogP contribution in [0, 0.1) is 0 Å². The van der Waals surface area contributed by atoms with Crippen LogP contribution in [0.15, 0.2) is 18.2 Å². The van der Waals surface area contributed by atoms with Gasteiger partial charge < -0.3 is 15.4 Å². The molecule has 0 saturated heterocycles. The second kappa shape index (κ2) is 6.56. The first-order valence-corrected chi connectivity index (χ1v) is 6.11. The van der Waals surface area contributed by atoms with Crippen LogP contribution in [-0.2, 0) is 0 Å². The van der Waals surface area contributed by atoms with Crippen LogP contribution >= 0.6 is 23.8 Å². The van der Waals surface area contributed by atoms with E-state index in [2.05, 4.69) is 0 Å². The minimum atomic E-state index is -0.175. The second-order valence-electron chi connectivity index (χ2n) is 3.79. The van der Waals surface area contributed by atoms with Crippen LogP contribution in [0.5, 0.6) is 5.75 Å². The molecule has 0 aliphatic heterocycles. The number of halogens is 1. The molecule has 4 nitrogen and oxygen atoms in total. The van der Waals surface area contributed by atoms with Crippen molar-refractivity contribution >= 4 is 34.7 Å². The van der Waals surface area contributed by atoms with Crippen molar-refractivity contribution in [2.24, 2.45) is 5.73 Å². The van der Waals surface area contributed by atoms with E-state index in [1.165, 1.54) is 12.0 Å². The summed E-state index contributed by atoms with van der Waals surface area (Å²) in [5.41, 5.74) is 5.83. The monoisotopic (exact) mass is 286 g/mol. The molecule has 0 atom stereocenters. The molecule has 0 unspecified atom stereocenters. The van der Waals surface area contributed by atoms with Gasteiger partial charge in [0.25, 0.3) is 5.91 Å². The molecule has 1 rings (SSSR count). The summed E-state index contributed by atoms with van der Waals surface area (Å²) in [6.07, 6.45) is 0.487. The first-order chi connectivity index (χ1) is 8.45. The van der Waals surface area contributed by atoms with E-state index in [1.54, 1.807) is 25.2 Å². The number of thiocarbonyl (C=S) groups is 1. The van der Waals surface area contributed by atoms with E-state index < -0.39 is 0 Å². The average Bonchev–Trinajstić information content (AvgIpc) is 2.34. The van der Waals surface area contributed by atoms with Crippen LogP contribution in [-0.4, -0.2) is 36.5 Å². The van der Waals surface area contributed by atoms with Gasteiger partial charge in [-0.15, -0.1) is 0 Å². The number of benzene rings is 1. The Bertz CT molecular complexity index is 465. The van der Waals surface area contributed by atoms with E-state index in [0.29, 0.717) is 34.3 Å². The van der Waals surface area contributed by atoms with Gasteiger partial charge in [0.15, 0.2) is 0 Å². The molecule has 1 aromatic rings. The Morgan fingerprint density at radius 2 is 2.22 bits per heavy atom. The summed E-state index contributed by atoms with van der Waals surface area (Å²) in [7, 11) is 3.19. The van der Waals surface area contributed by atoms with Gasteiger partial charge in [-0.2, -0.15) is 0 Å². The normalized spacial score (nSPS) is 9.94. The lowest BCUT2D eigenvalue weighted by atomic mass is 10.1. The van der Waals surface area contributed by atoms with Gasteiger partial charge >= 0.3 is 0 Å². The third kappa shape index (κ3) is 3.85. The first-order valence-electron chi connectivity index (χ1n) is 5.33. The molecular formula is C12H15ClN2O2S. The van der Waals surface area contributed by atoms with Crippen LogP contribution in [0.1, 0.15) is 16.8 Å². The Morgan fingerprint density at radius 3 is 2.78 bits per heavy atom. The SMILES string of the molecule is COc1ccc(Cl)cc1C(=O)N(C)CCC(N)=S. The lowest BCUT2D eigenvalue weighted by Crippen LogP contribution is -2.30. The summed E-state index contributed by atoms with van der Waals surface area (Å²) in [5, 5.41) is 0.488. The van der Waals surface area contributed by atoms with Crippen LogP contribution in [0.2, 0.25) is 5.02 Å². The molecule has 0 bridgehead atoms. The second-order valence-corrected chi connectivity index (χ2v) is 4.75. The number of carbonyl (C=O) groups is 1. The van der Waals surface area contributed by atoms with Crippen molar-refractivity contribution in [1.82, 2.24) is 4.90 Å². The summed E-state index contributed by atoms with van der Waals surface area (Å²) in [6, 6.07) is 4.92. The number of carbonyl (C=O) groups excluding carboxylic acids is 1. The minimum Gasteiger partial charge on any atom is -0.496 e. The zero-order chi connectivity index (χ0) is 13.7. The number of hydrogen-bond acceptors (Lipinski definition) is 3. The van der Waals surface area contributed by atoms with Gasteiger partial charge in [-0.05, 0) is 18.2 Å². The smallest absolute Gasteiger partial charge is 0.257 e. The molecular weight excluding hydrogens is 272 g/mol. The molecule has 1 aromatic carbocycles. The Balaban J connectivity index is 2.88. The van der Waals surface area contributed by atoms with Gasteiger partial charge in [-0.1, -0.05) is 23.8 Å². The first kappa shape index (κ1) is 14.7. The zero-order valence-corrected chi connectivity index (χ0v) is 11.8. The highest BCUT2D eigenvalue weighted by Crippen LogP contribution is 2.23. The van der Waals surface area contributed by atoms with Crippen molar-refractivity contribution in [1.29, 1.82) is 0 Å². The Labute approximate surface area is 117 Å². The number of rotatable bonds is 5. The minimum absolute atomic E-state index is 0.175. The van der Waals surface area contributed by atoms with E-state index >= 15 is 0 Å². The van der Waals surface area contributed by atoms with Gasteiger partial charge in [0.1, 0.15) is 5.75 Å². The molecule has 0 aromatic heterocycles. The van der Waals surface area contributed by atoms with Crippen molar-refractivity contribution < 1.29 is 9.53 Å². The summed E-state index contributed by atoms with van der Waals surface area (Å²) in [4.78, 5) is 14.1. The van der Waals surface area contributed by atoms with E-state index in [0.717, 1.165) is 0 Å². The lowest BCUT2D eigenvalue weighted by molar-refractivity contribution is 0.0795. The fourth-order valence-corrected chi connectivity index (χ4v) is 1.70. The summed E-state index contributed by atoms with van der Waals surface area (Å²) in [5.74, 6) is 0.317. The fourth-order valence-electron chi connectivity index (χ4n) is 1.43. The van der Waals surface area contributed by atoms with Crippen molar-refractivity contribution in [2.45, 2.75) is 6.42 Å². The van der Waals surface area contributed by atoms with Crippen LogP contribution < -0.4 is 10.5 Å². The molecule has 0 saturated carbocycles. The average molecular weight is 287 g/mol. The van der Waals surface area contributed by atoms with Crippen molar-refractivity contribution in [2.75, 3.05) is 20.7 Å². The molecule has 2 N–H and O–H groups in total. The summed E-state index contributed by atoms with van der Waals surface area (Å²) >= 11 is 10.7. The number of hydrogen-bond donors (Lipinski definition) is 1. The van der Waals surface area contributed by atoms with Crippen molar-refractivity contribution in [3.05, 3.63) is 28.8 Å². The summed E-state index contributed by atoms with van der Waals surface area (Å²) in [6.45, 7) is 0.462. The summed E-state index contributed by atoms with van der Waals surface area (Å²) < 4.78 is 5.14. The van der Waals surface area contributed by atoms with Gasteiger partial charge in [0, 0.05) is 25.0 Å². The number of ether oxygens (including phenoxy) is 1. The molecule has 0 aliphatic carbocycles. The molecule has 0 fully saturated rings. The Morgan fingerprint density at radius 1 is 1.56 bits per heavy atom. The highest BCUT2D eigenvalue weighted by molar-refractivity contribution is 7.80. The molecule has 98 valence electrons. The predicted molar refractivity (Wildman–Crippen MR) is 76.4 cm³/mol. The van der Waals surface area contributed by atoms with E-state index in [4.69, 9.17) is 34.3 Å². The third-order valence-electron chi connectivity index (χ3n) is 2.43. The number of amides is 1. The highest BCUT2D eigenvalue weighted by atomic mass is 35.5. The number of nitrogens with zero attached hydrogens (tertiary/aromatic N) is 1. The molecule has 0 heterocycles. The number of nitrogens with two attached hydrogens (primary N) is 1. The highest BCUT2D eigenvalue weighted by Gasteiger charge is 2.17. The Hall–Kier alpha value is -1.33. The number of methoxy groups -OCH3 is 1. The maximum Gasteiger partial charge on any atom is 0.257 e. The van der Waals surface area contributed by atoms with Crippen molar-refractivity contribution in [3.63, 3.8) is 0 Å². The quantitative estimate of drug-likeness (QED) is 0.842. The molecule has 0 spiro atoms. The topological polar surface area (TPSA) is 55.6 Å². The maximum atomic E-state index is 12.2. The fraction of sp³-hybridized carbons (Fsp3) is 0.333. The van der Waals surface area contributed by atoms with Gasteiger partial charge in [0.2, 0.25) is 0 Å². The molecule has 0 aliphatic rings.